The molecule has 1 aromatic carbocycles. The molecule has 0 spiro atoms. The van der Waals surface area contributed by atoms with Gasteiger partial charge in [-0.25, -0.2) is 4.98 Å². The molecule has 2 aromatic rings. The topological polar surface area (TPSA) is 54.2 Å². The summed E-state index contributed by atoms with van der Waals surface area (Å²) in [5, 5.41) is 6.44. The summed E-state index contributed by atoms with van der Waals surface area (Å²) in [4.78, 5) is 8.16. The van der Waals surface area contributed by atoms with E-state index in [-0.39, 0.29) is 5.92 Å². The van der Waals surface area contributed by atoms with Crippen molar-refractivity contribution in [2.45, 2.75) is 38.4 Å². The number of rotatable bonds is 8. The van der Waals surface area contributed by atoms with Crippen molar-refractivity contribution in [3.8, 4) is 0 Å². The highest BCUT2D eigenvalue weighted by Crippen LogP contribution is 2.31. The van der Waals surface area contributed by atoms with Gasteiger partial charge in [0.1, 0.15) is 0 Å². The minimum absolute atomic E-state index is 0.0131. The van der Waals surface area contributed by atoms with Gasteiger partial charge < -0.3 is 15.2 Å². The first-order chi connectivity index (χ1) is 12.9. The fraction of sp³-hybridized carbons (Fsp3) is 0.474. The Morgan fingerprint density at radius 1 is 1.26 bits per heavy atom. The van der Waals surface area contributed by atoms with Crippen molar-refractivity contribution in [2.75, 3.05) is 20.1 Å². The van der Waals surface area contributed by atoms with Crippen molar-refractivity contribution in [1.82, 2.24) is 20.2 Å². The smallest absolute Gasteiger partial charge is 0.356 e. The standard InChI is InChI=1S/C19H26F3N5/c1-15(16-5-3-6-17(13-16)19(20,21)22)7-9-26-18(23-2)25-8-4-11-27-12-10-24-14-27/h3,5-6,10,12-15H,4,7-9,11H2,1-2H3,(H2,23,25,26). The van der Waals surface area contributed by atoms with Crippen LogP contribution in [0, 0.1) is 0 Å². The summed E-state index contributed by atoms with van der Waals surface area (Å²) in [7, 11) is 1.70. The summed E-state index contributed by atoms with van der Waals surface area (Å²) in [5.74, 6) is 0.705. The van der Waals surface area contributed by atoms with E-state index in [0.717, 1.165) is 25.6 Å². The highest BCUT2D eigenvalue weighted by Gasteiger charge is 2.30. The molecule has 0 saturated heterocycles. The molecule has 5 nitrogen and oxygen atoms in total. The van der Waals surface area contributed by atoms with Crippen molar-refractivity contribution in [1.29, 1.82) is 0 Å². The second kappa shape index (κ2) is 9.99. The van der Waals surface area contributed by atoms with E-state index in [1.165, 1.54) is 12.1 Å². The first-order valence-corrected chi connectivity index (χ1v) is 8.97. The Kier molecular flexibility index (Phi) is 7.69. The number of aryl methyl sites for hydroxylation is 1. The molecule has 2 rings (SSSR count). The van der Waals surface area contributed by atoms with Crippen LogP contribution in [0.1, 0.15) is 36.8 Å². The van der Waals surface area contributed by atoms with Gasteiger partial charge in [-0.1, -0.05) is 25.1 Å². The Bertz CT molecular complexity index is 710. The van der Waals surface area contributed by atoms with Crippen LogP contribution in [0.4, 0.5) is 13.2 Å². The molecule has 0 aliphatic carbocycles. The van der Waals surface area contributed by atoms with Gasteiger partial charge in [-0.15, -0.1) is 0 Å². The monoisotopic (exact) mass is 381 g/mol. The van der Waals surface area contributed by atoms with E-state index in [9.17, 15) is 13.2 Å². The molecule has 0 bridgehead atoms. The van der Waals surface area contributed by atoms with Crippen LogP contribution in [0.3, 0.4) is 0 Å². The molecule has 0 amide bonds. The third-order valence-corrected chi connectivity index (χ3v) is 4.32. The van der Waals surface area contributed by atoms with Crippen LogP contribution in [-0.4, -0.2) is 35.6 Å². The SMILES string of the molecule is CN=C(NCCCn1ccnc1)NCCC(C)c1cccc(C(F)(F)F)c1. The van der Waals surface area contributed by atoms with Crippen LogP contribution in [0.15, 0.2) is 48.0 Å². The fourth-order valence-electron chi connectivity index (χ4n) is 2.70. The molecule has 0 aliphatic heterocycles. The normalized spacial score (nSPS) is 13.4. The molecule has 148 valence electrons. The van der Waals surface area contributed by atoms with Gasteiger partial charge >= 0.3 is 6.18 Å². The molecule has 1 atom stereocenters. The van der Waals surface area contributed by atoms with E-state index >= 15 is 0 Å². The van der Waals surface area contributed by atoms with E-state index in [4.69, 9.17) is 0 Å². The van der Waals surface area contributed by atoms with E-state index in [0.29, 0.717) is 24.5 Å². The predicted octanol–water partition coefficient (Wildman–Crippen LogP) is 3.65. The molecular formula is C19H26F3N5. The van der Waals surface area contributed by atoms with E-state index in [1.54, 1.807) is 25.6 Å². The minimum Gasteiger partial charge on any atom is -0.356 e. The maximum Gasteiger partial charge on any atom is 0.416 e. The third kappa shape index (κ3) is 6.96. The largest absolute Gasteiger partial charge is 0.416 e. The van der Waals surface area contributed by atoms with Crippen LogP contribution < -0.4 is 10.6 Å². The zero-order valence-electron chi connectivity index (χ0n) is 15.6. The number of imidazole rings is 1. The first kappa shape index (κ1) is 20.8. The molecule has 0 saturated carbocycles. The van der Waals surface area contributed by atoms with Gasteiger partial charge in [-0.05, 0) is 30.4 Å². The van der Waals surface area contributed by atoms with E-state index < -0.39 is 11.7 Å². The van der Waals surface area contributed by atoms with Crippen molar-refractivity contribution in [2.24, 2.45) is 4.99 Å². The van der Waals surface area contributed by atoms with Gasteiger partial charge in [-0.2, -0.15) is 13.2 Å². The molecular weight excluding hydrogens is 355 g/mol. The Labute approximate surface area is 157 Å². The zero-order chi connectivity index (χ0) is 19.7. The lowest BCUT2D eigenvalue weighted by atomic mass is 9.96. The van der Waals surface area contributed by atoms with Gasteiger partial charge in [0.05, 0.1) is 11.9 Å². The average molecular weight is 381 g/mol. The van der Waals surface area contributed by atoms with Crippen LogP contribution in [0.25, 0.3) is 0 Å². The van der Waals surface area contributed by atoms with Gasteiger partial charge in [0.25, 0.3) is 0 Å². The molecule has 8 heteroatoms. The second-order valence-corrected chi connectivity index (χ2v) is 6.39. The summed E-state index contributed by atoms with van der Waals surface area (Å²) in [6.45, 7) is 4.19. The van der Waals surface area contributed by atoms with E-state index in [1.807, 2.05) is 17.7 Å². The summed E-state index contributed by atoms with van der Waals surface area (Å²) in [5.41, 5.74) is 0.0880. The number of guanidine groups is 1. The Morgan fingerprint density at radius 3 is 2.70 bits per heavy atom. The van der Waals surface area contributed by atoms with Crippen molar-refractivity contribution in [3.63, 3.8) is 0 Å². The van der Waals surface area contributed by atoms with Crippen molar-refractivity contribution in [3.05, 3.63) is 54.1 Å². The van der Waals surface area contributed by atoms with Gasteiger partial charge in [0.15, 0.2) is 5.96 Å². The number of benzene rings is 1. The Morgan fingerprint density at radius 2 is 2.04 bits per heavy atom. The number of halogens is 3. The summed E-state index contributed by atoms with van der Waals surface area (Å²) in [6.07, 6.45) is 2.77. The number of alkyl halides is 3. The second-order valence-electron chi connectivity index (χ2n) is 6.39. The van der Waals surface area contributed by atoms with Crippen molar-refractivity contribution < 1.29 is 13.2 Å². The highest BCUT2D eigenvalue weighted by atomic mass is 19.4. The summed E-state index contributed by atoms with van der Waals surface area (Å²) >= 11 is 0. The van der Waals surface area contributed by atoms with Crippen molar-refractivity contribution >= 4 is 5.96 Å². The zero-order valence-corrected chi connectivity index (χ0v) is 15.6. The number of aliphatic imine (C=N–C) groups is 1. The van der Waals surface area contributed by atoms with Crippen LogP contribution >= 0.6 is 0 Å². The maximum absolute atomic E-state index is 12.8. The molecule has 1 aromatic heterocycles. The quantitative estimate of drug-likeness (QED) is 0.417. The summed E-state index contributed by atoms with van der Waals surface area (Å²) in [6, 6.07) is 5.53. The van der Waals surface area contributed by atoms with E-state index in [2.05, 4.69) is 20.6 Å². The lowest BCUT2D eigenvalue weighted by Crippen LogP contribution is -2.38. The summed E-state index contributed by atoms with van der Waals surface area (Å²) < 4.78 is 40.5. The third-order valence-electron chi connectivity index (χ3n) is 4.32. The fourth-order valence-corrected chi connectivity index (χ4v) is 2.70. The molecule has 1 heterocycles. The number of hydrogen-bond acceptors (Lipinski definition) is 2. The Balaban J connectivity index is 1.72. The maximum atomic E-state index is 12.8. The number of aromatic nitrogens is 2. The van der Waals surface area contributed by atoms with Gasteiger partial charge in [0, 0.05) is 39.1 Å². The molecule has 0 aliphatic rings. The Hall–Kier alpha value is -2.51. The minimum atomic E-state index is -4.31. The lowest BCUT2D eigenvalue weighted by Gasteiger charge is -2.16. The van der Waals surface area contributed by atoms with Crippen LogP contribution in [0.2, 0.25) is 0 Å². The number of hydrogen-bond donors (Lipinski definition) is 2. The molecule has 1 unspecified atom stereocenters. The molecule has 0 fully saturated rings. The number of nitrogens with one attached hydrogen (secondary N) is 2. The molecule has 27 heavy (non-hydrogen) atoms. The molecule has 0 radical (unpaired) electrons. The van der Waals surface area contributed by atoms with Gasteiger partial charge in [0.2, 0.25) is 0 Å². The van der Waals surface area contributed by atoms with Crippen LogP contribution in [-0.2, 0) is 12.7 Å². The highest BCUT2D eigenvalue weighted by molar-refractivity contribution is 5.79. The molecule has 2 N–H and O–H groups in total. The average Bonchev–Trinajstić information content (AvgIpc) is 3.16. The predicted molar refractivity (Wildman–Crippen MR) is 101 cm³/mol. The van der Waals surface area contributed by atoms with Crippen LogP contribution in [0.5, 0.6) is 0 Å². The first-order valence-electron chi connectivity index (χ1n) is 8.97. The lowest BCUT2D eigenvalue weighted by molar-refractivity contribution is -0.137. The van der Waals surface area contributed by atoms with Gasteiger partial charge in [-0.3, -0.25) is 4.99 Å². The number of nitrogens with zero attached hydrogens (tertiary/aromatic N) is 3.